The number of benzene rings is 1. The number of sulfone groups is 1. The van der Waals surface area contributed by atoms with Crippen LogP contribution in [0.1, 0.15) is 25.7 Å². The number of nitrogens with zero attached hydrogens (tertiary/aromatic N) is 4. The van der Waals surface area contributed by atoms with Crippen molar-refractivity contribution in [2.24, 2.45) is 0 Å². The van der Waals surface area contributed by atoms with Gasteiger partial charge in [0.15, 0.2) is 9.84 Å². The summed E-state index contributed by atoms with van der Waals surface area (Å²) in [7, 11) is -7.34. The van der Waals surface area contributed by atoms with Crippen molar-refractivity contribution in [3.05, 3.63) is 29.3 Å². The van der Waals surface area contributed by atoms with Crippen molar-refractivity contribution in [3.63, 3.8) is 0 Å². The molecule has 2 atom stereocenters. The Hall–Kier alpha value is -2.30. The Bertz CT molecular complexity index is 1610. The van der Waals surface area contributed by atoms with Gasteiger partial charge in [-0.2, -0.15) is 4.72 Å². The molecule has 3 fully saturated rings. The molecule has 236 valence electrons. The van der Waals surface area contributed by atoms with E-state index < -0.39 is 37.6 Å². The Labute approximate surface area is 260 Å². The van der Waals surface area contributed by atoms with E-state index in [9.17, 15) is 31.2 Å². The third-order valence-corrected chi connectivity index (χ3v) is 12.2. The van der Waals surface area contributed by atoms with Crippen LogP contribution in [0.15, 0.2) is 28.5 Å². The zero-order valence-electron chi connectivity index (χ0n) is 23.9. The molecule has 12 nitrogen and oxygen atoms in total. The summed E-state index contributed by atoms with van der Waals surface area (Å²) >= 11 is 7.15. The van der Waals surface area contributed by atoms with E-state index >= 15 is 0 Å². The van der Waals surface area contributed by atoms with Gasteiger partial charge in [0.25, 0.3) is 10.0 Å². The maximum absolute atomic E-state index is 13.4. The van der Waals surface area contributed by atoms with E-state index in [0.717, 1.165) is 35.1 Å². The summed E-state index contributed by atoms with van der Waals surface area (Å²) in [6, 6.07) is 5.72. The highest BCUT2D eigenvalue weighted by Gasteiger charge is 2.37. The minimum absolute atomic E-state index is 0.0265. The lowest BCUT2D eigenvalue weighted by Gasteiger charge is -2.38. The summed E-state index contributed by atoms with van der Waals surface area (Å²) in [5.74, 6) is -1.45. The number of carbonyl (C=O) groups excluding carboxylic acids is 3. The second-order valence-corrected chi connectivity index (χ2v) is 17.1. The highest BCUT2D eigenvalue weighted by atomic mass is 35.5. The summed E-state index contributed by atoms with van der Waals surface area (Å²) < 4.78 is 52.7. The van der Waals surface area contributed by atoms with Crippen LogP contribution < -0.4 is 4.72 Å². The van der Waals surface area contributed by atoms with Crippen molar-refractivity contribution in [3.8, 4) is 0 Å². The molecule has 4 heterocycles. The van der Waals surface area contributed by atoms with Crippen LogP contribution >= 0.6 is 22.9 Å². The Balaban J connectivity index is 1.15. The number of hydrogen-bond acceptors (Lipinski definition) is 9. The molecule has 3 saturated heterocycles. The average Bonchev–Trinajstić information content (AvgIpc) is 3.57. The lowest BCUT2D eigenvalue weighted by Crippen LogP contribution is -2.56. The van der Waals surface area contributed by atoms with E-state index in [2.05, 4.69) is 9.62 Å². The predicted octanol–water partition coefficient (Wildman–Crippen LogP) is 1.00. The number of thiophene rings is 1. The van der Waals surface area contributed by atoms with Crippen LogP contribution in [0.2, 0.25) is 5.02 Å². The molecule has 0 bridgehead atoms. The first-order valence-corrected chi connectivity index (χ1v) is 19.0. The molecule has 2 aromatic rings. The molecule has 3 amide bonds. The highest BCUT2D eigenvalue weighted by molar-refractivity contribution is 7.92. The summed E-state index contributed by atoms with van der Waals surface area (Å²) in [5, 5.41) is 1.22. The molecule has 0 unspecified atom stereocenters. The molecule has 0 spiro atoms. The van der Waals surface area contributed by atoms with E-state index in [4.69, 9.17) is 11.6 Å². The van der Waals surface area contributed by atoms with Crippen LogP contribution in [0.3, 0.4) is 0 Å². The molecule has 1 aromatic heterocycles. The number of likely N-dealkylation sites (tertiary alicyclic amines) is 2. The highest BCUT2D eigenvalue weighted by Crippen LogP contribution is 2.31. The minimum Gasteiger partial charge on any atom is -0.339 e. The first kappa shape index (κ1) is 32.1. The van der Waals surface area contributed by atoms with Crippen molar-refractivity contribution in [2.75, 3.05) is 64.4 Å². The molecular weight excluding hydrogens is 638 g/mol. The topological polar surface area (TPSA) is 144 Å². The normalized spacial score (nSPS) is 22.5. The maximum Gasteiger partial charge on any atom is 0.250 e. The van der Waals surface area contributed by atoms with Gasteiger partial charge in [0, 0.05) is 67.8 Å². The quantitative estimate of drug-likeness (QED) is 0.415. The van der Waals surface area contributed by atoms with Gasteiger partial charge in [-0.25, -0.2) is 16.8 Å². The van der Waals surface area contributed by atoms with Gasteiger partial charge < -0.3 is 14.7 Å². The van der Waals surface area contributed by atoms with Crippen LogP contribution in [-0.2, 0) is 34.2 Å². The standard InChI is InChI=1S/C27H36ClN5O7S3/c1-42(37,38)18-25(35)31-12-10-30(11-13-31)16-21-4-2-9-33(21)24(34)17-32-8-3-5-22(27(32)36)29-43(39,40)26-15-19-14-20(28)6-7-23(19)41-26/h6-7,14-15,21-22,29H,2-5,8-13,16-18H2,1H3/t21-,22-/m0/s1. The number of sulfonamides is 1. The smallest absolute Gasteiger partial charge is 0.250 e. The van der Waals surface area contributed by atoms with Crippen LogP contribution in [0.25, 0.3) is 10.1 Å². The van der Waals surface area contributed by atoms with Crippen molar-refractivity contribution in [1.29, 1.82) is 0 Å². The molecule has 16 heteroatoms. The number of amides is 3. The zero-order valence-corrected chi connectivity index (χ0v) is 27.1. The molecular formula is C27H36ClN5O7S3. The van der Waals surface area contributed by atoms with Gasteiger partial charge in [-0.05, 0) is 55.3 Å². The van der Waals surface area contributed by atoms with E-state index in [1.54, 1.807) is 29.2 Å². The van der Waals surface area contributed by atoms with Crippen molar-refractivity contribution < 1.29 is 31.2 Å². The van der Waals surface area contributed by atoms with Crippen molar-refractivity contribution in [2.45, 2.75) is 42.0 Å². The van der Waals surface area contributed by atoms with Crippen LogP contribution in [-0.4, -0.2) is 131 Å². The van der Waals surface area contributed by atoms with Gasteiger partial charge in [0.1, 0.15) is 16.0 Å². The van der Waals surface area contributed by atoms with Gasteiger partial charge in [0.05, 0.1) is 6.54 Å². The Morgan fingerprint density at radius 2 is 1.70 bits per heavy atom. The van der Waals surface area contributed by atoms with Crippen molar-refractivity contribution >= 4 is 70.6 Å². The molecule has 5 rings (SSSR count). The lowest BCUT2D eigenvalue weighted by molar-refractivity contribution is -0.143. The Morgan fingerprint density at radius 3 is 2.42 bits per heavy atom. The summed E-state index contributed by atoms with van der Waals surface area (Å²) in [4.78, 5) is 45.9. The largest absolute Gasteiger partial charge is 0.339 e. The molecule has 43 heavy (non-hydrogen) atoms. The second kappa shape index (κ2) is 13.0. The number of rotatable bonds is 9. The van der Waals surface area contributed by atoms with Crippen LogP contribution in [0, 0.1) is 0 Å². The molecule has 3 aliphatic rings. The number of nitrogens with one attached hydrogen (secondary N) is 1. The van der Waals surface area contributed by atoms with E-state index in [-0.39, 0.29) is 28.6 Å². The van der Waals surface area contributed by atoms with E-state index in [1.165, 1.54) is 4.90 Å². The second-order valence-electron chi connectivity index (χ2n) is 11.5. The van der Waals surface area contributed by atoms with Crippen molar-refractivity contribution in [1.82, 2.24) is 24.3 Å². The SMILES string of the molecule is CS(=O)(=O)CC(=O)N1CCN(C[C@@H]2CCCN2C(=O)CN2CCC[C@H](NS(=O)(=O)c3cc4cc(Cl)ccc4s3)C2=O)CC1. The maximum atomic E-state index is 13.4. The third kappa shape index (κ3) is 7.87. The average molecular weight is 674 g/mol. The van der Waals surface area contributed by atoms with Gasteiger partial charge in [0.2, 0.25) is 17.7 Å². The predicted molar refractivity (Wildman–Crippen MR) is 164 cm³/mol. The fourth-order valence-electron chi connectivity index (χ4n) is 5.98. The zero-order chi connectivity index (χ0) is 30.9. The molecule has 0 radical (unpaired) electrons. The minimum atomic E-state index is -3.96. The number of fused-ring (bicyclic) bond motifs is 1. The van der Waals surface area contributed by atoms with Gasteiger partial charge in [-0.15, -0.1) is 11.3 Å². The summed E-state index contributed by atoms with van der Waals surface area (Å²) in [5.41, 5.74) is 0. The number of carbonyl (C=O) groups is 3. The lowest BCUT2D eigenvalue weighted by atomic mass is 10.1. The first-order valence-electron chi connectivity index (χ1n) is 14.3. The molecule has 1 N–H and O–H groups in total. The molecule has 3 aliphatic heterocycles. The Kier molecular flexibility index (Phi) is 9.69. The fraction of sp³-hybridized carbons (Fsp3) is 0.593. The summed E-state index contributed by atoms with van der Waals surface area (Å²) in [6.45, 7) is 3.55. The monoisotopic (exact) mass is 673 g/mol. The van der Waals surface area contributed by atoms with E-state index in [1.807, 2.05) is 4.90 Å². The molecule has 0 aliphatic carbocycles. The molecule has 1 aromatic carbocycles. The fourth-order valence-corrected chi connectivity index (χ4v) is 9.41. The van der Waals surface area contributed by atoms with Gasteiger partial charge >= 0.3 is 0 Å². The van der Waals surface area contributed by atoms with Crippen LogP contribution in [0.4, 0.5) is 0 Å². The number of halogens is 1. The molecule has 0 saturated carbocycles. The van der Waals surface area contributed by atoms with Gasteiger partial charge in [-0.3, -0.25) is 19.3 Å². The summed E-state index contributed by atoms with van der Waals surface area (Å²) in [6.07, 6.45) is 3.65. The Morgan fingerprint density at radius 1 is 0.977 bits per heavy atom. The number of hydrogen-bond donors (Lipinski definition) is 1. The number of piperidine rings is 1. The van der Waals surface area contributed by atoms with Gasteiger partial charge in [-0.1, -0.05) is 11.6 Å². The first-order chi connectivity index (χ1) is 20.3. The van der Waals surface area contributed by atoms with E-state index in [0.29, 0.717) is 69.1 Å². The third-order valence-electron chi connectivity index (χ3n) is 8.15. The number of piperazine rings is 1. The van der Waals surface area contributed by atoms with Crippen LogP contribution in [0.5, 0.6) is 0 Å².